The molecule has 0 radical (unpaired) electrons. The van der Waals surface area contributed by atoms with Crippen molar-refractivity contribution in [2.24, 2.45) is 0 Å². The van der Waals surface area contributed by atoms with E-state index in [0.717, 1.165) is 42.8 Å². The van der Waals surface area contributed by atoms with Crippen molar-refractivity contribution < 1.29 is 9.53 Å². The lowest BCUT2D eigenvalue weighted by Gasteiger charge is -2.29. The zero-order valence-corrected chi connectivity index (χ0v) is 15.0. The smallest absolute Gasteiger partial charge is 0.317 e. The van der Waals surface area contributed by atoms with Crippen molar-refractivity contribution in [3.63, 3.8) is 0 Å². The summed E-state index contributed by atoms with van der Waals surface area (Å²) in [5.41, 5.74) is 3.22. The van der Waals surface area contributed by atoms with Crippen molar-refractivity contribution in [1.82, 2.24) is 20.3 Å². The maximum Gasteiger partial charge on any atom is 0.317 e. The van der Waals surface area contributed by atoms with E-state index >= 15 is 0 Å². The summed E-state index contributed by atoms with van der Waals surface area (Å²) in [7, 11) is 0. The average molecular weight is 340 g/mol. The quantitative estimate of drug-likeness (QED) is 0.926. The molecule has 1 amide bonds. The van der Waals surface area contributed by atoms with Crippen LogP contribution in [0.1, 0.15) is 53.1 Å². The van der Waals surface area contributed by atoms with Gasteiger partial charge in [-0.3, -0.25) is 9.78 Å². The molecule has 0 atom stereocenters. The summed E-state index contributed by atoms with van der Waals surface area (Å²) >= 11 is 0. The van der Waals surface area contributed by atoms with E-state index in [-0.39, 0.29) is 18.1 Å². The summed E-state index contributed by atoms with van der Waals surface area (Å²) in [6.45, 7) is 5.73. The second-order valence-corrected chi connectivity index (χ2v) is 6.63. The summed E-state index contributed by atoms with van der Waals surface area (Å²) in [5, 5.41) is 3.11. The second-order valence-electron chi connectivity index (χ2n) is 6.63. The summed E-state index contributed by atoms with van der Waals surface area (Å²) in [6.07, 6.45) is 5.35. The van der Waals surface area contributed by atoms with E-state index in [1.54, 1.807) is 12.3 Å². The van der Waals surface area contributed by atoms with Gasteiger partial charge in [-0.15, -0.1) is 0 Å². The minimum absolute atomic E-state index is 0.0485. The Balaban J connectivity index is 1.52. The van der Waals surface area contributed by atoms with Crippen LogP contribution >= 0.6 is 0 Å². The Kier molecular flexibility index (Phi) is 5.26. The molecule has 132 valence electrons. The molecule has 1 N–H and O–H groups in total. The summed E-state index contributed by atoms with van der Waals surface area (Å²) in [5.74, 6) is -0.0485. The number of nitrogens with zero attached hydrogens (tertiary/aromatic N) is 3. The van der Waals surface area contributed by atoms with Gasteiger partial charge in [0.05, 0.1) is 5.56 Å². The zero-order chi connectivity index (χ0) is 17.8. The van der Waals surface area contributed by atoms with Gasteiger partial charge < -0.3 is 10.1 Å². The molecular formula is C19H24N4O2. The van der Waals surface area contributed by atoms with Gasteiger partial charge in [0.1, 0.15) is 6.10 Å². The third kappa shape index (κ3) is 4.53. The van der Waals surface area contributed by atoms with Crippen LogP contribution in [0.2, 0.25) is 0 Å². The maximum absolute atomic E-state index is 12.4. The van der Waals surface area contributed by atoms with Crippen molar-refractivity contribution in [2.45, 2.75) is 58.6 Å². The standard InChI is InChI=1S/C19H24N4O2/c1-12-11-13(2)22-19(21-12)25-16-8-6-15(7-9-16)23-18(24)17-5-4-10-20-14(17)3/h4-5,10-11,15-16H,6-9H2,1-3H3,(H,23,24). The molecule has 2 aromatic heterocycles. The van der Waals surface area contributed by atoms with Gasteiger partial charge in [-0.2, -0.15) is 0 Å². The van der Waals surface area contributed by atoms with Crippen LogP contribution in [0.4, 0.5) is 0 Å². The highest BCUT2D eigenvalue weighted by atomic mass is 16.5. The van der Waals surface area contributed by atoms with E-state index < -0.39 is 0 Å². The van der Waals surface area contributed by atoms with Gasteiger partial charge in [0, 0.05) is 29.3 Å². The normalized spacial score (nSPS) is 20.1. The van der Waals surface area contributed by atoms with E-state index in [0.29, 0.717) is 11.6 Å². The number of nitrogens with one attached hydrogen (secondary N) is 1. The van der Waals surface area contributed by atoms with Crippen LogP contribution < -0.4 is 10.1 Å². The fourth-order valence-electron chi connectivity index (χ4n) is 3.21. The lowest BCUT2D eigenvalue weighted by molar-refractivity contribution is 0.0883. The van der Waals surface area contributed by atoms with Crippen LogP contribution in [0.5, 0.6) is 6.01 Å². The molecule has 0 aliphatic heterocycles. The number of carbonyl (C=O) groups excluding carboxylic acids is 1. The number of pyridine rings is 1. The molecule has 2 aromatic rings. The van der Waals surface area contributed by atoms with Crippen molar-refractivity contribution in [3.05, 3.63) is 47.0 Å². The van der Waals surface area contributed by atoms with Crippen LogP contribution in [0.25, 0.3) is 0 Å². The molecule has 0 aromatic carbocycles. The summed E-state index contributed by atoms with van der Waals surface area (Å²) in [6, 6.07) is 6.16. The SMILES string of the molecule is Cc1cc(C)nc(OC2CCC(NC(=O)c3cccnc3C)CC2)n1. The number of amides is 1. The third-order valence-corrected chi connectivity index (χ3v) is 4.49. The van der Waals surface area contributed by atoms with Gasteiger partial charge in [-0.25, -0.2) is 9.97 Å². The molecule has 6 nitrogen and oxygen atoms in total. The van der Waals surface area contributed by atoms with Crippen LogP contribution in [0, 0.1) is 20.8 Å². The fraction of sp³-hybridized carbons (Fsp3) is 0.474. The van der Waals surface area contributed by atoms with E-state index in [2.05, 4.69) is 20.3 Å². The first-order chi connectivity index (χ1) is 12.0. The first kappa shape index (κ1) is 17.3. The first-order valence-electron chi connectivity index (χ1n) is 8.72. The molecule has 0 bridgehead atoms. The first-order valence-corrected chi connectivity index (χ1v) is 8.72. The van der Waals surface area contributed by atoms with Crippen molar-refractivity contribution in [3.8, 4) is 6.01 Å². The number of hydrogen-bond acceptors (Lipinski definition) is 5. The second kappa shape index (κ2) is 7.59. The Hall–Kier alpha value is -2.50. The largest absolute Gasteiger partial charge is 0.460 e. The number of aromatic nitrogens is 3. The lowest BCUT2D eigenvalue weighted by atomic mass is 9.92. The number of hydrogen-bond donors (Lipinski definition) is 1. The van der Waals surface area contributed by atoms with Gasteiger partial charge in [0.2, 0.25) is 0 Å². The van der Waals surface area contributed by atoms with Gasteiger partial charge in [0.25, 0.3) is 5.91 Å². The van der Waals surface area contributed by atoms with Crippen LogP contribution in [-0.4, -0.2) is 33.0 Å². The molecule has 1 saturated carbocycles. The number of ether oxygens (including phenoxy) is 1. The molecule has 1 aliphatic rings. The van der Waals surface area contributed by atoms with Gasteiger partial charge >= 0.3 is 6.01 Å². The minimum atomic E-state index is -0.0485. The Morgan fingerprint density at radius 1 is 1.12 bits per heavy atom. The Bertz CT molecular complexity index is 735. The van der Waals surface area contributed by atoms with Crippen LogP contribution in [-0.2, 0) is 0 Å². The lowest BCUT2D eigenvalue weighted by Crippen LogP contribution is -2.40. The summed E-state index contributed by atoms with van der Waals surface area (Å²) < 4.78 is 5.93. The highest BCUT2D eigenvalue weighted by Gasteiger charge is 2.25. The zero-order valence-electron chi connectivity index (χ0n) is 15.0. The third-order valence-electron chi connectivity index (χ3n) is 4.49. The Labute approximate surface area is 148 Å². The Morgan fingerprint density at radius 3 is 2.44 bits per heavy atom. The molecule has 25 heavy (non-hydrogen) atoms. The number of carbonyl (C=O) groups is 1. The topological polar surface area (TPSA) is 77.0 Å². The van der Waals surface area contributed by atoms with Crippen molar-refractivity contribution >= 4 is 5.91 Å². The minimum Gasteiger partial charge on any atom is -0.460 e. The van der Waals surface area contributed by atoms with Gasteiger partial charge in [-0.1, -0.05) is 0 Å². The summed E-state index contributed by atoms with van der Waals surface area (Å²) in [4.78, 5) is 25.2. The van der Waals surface area contributed by atoms with E-state index in [1.165, 1.54) is 0 Å². The predicted octanol–water partition coefficient (Wildman–Crippen LogP) is 2.92. The average Bonchev–Trinajstić information content (AvgIpc) is 2.56. The molecule has 2 heterocycles. The van der Waals surface area contributed by atoms with Gasteiger partial charge in [-0.05, 0) is 64.7 Å². The molecular weight excluding hydrogens is 316 g/mol. The number of rotatable bonds is 4. The molecule has 1 aliphatic carbocycles. The fourth-order valence-corrected chi connectivity index (χ4v) is 3.21. The van der Waals surface area contributed by atoms with Crippen molar-refractivity contribution in [2.75, 3.05) is 0 Å². The monoisotopic (exact) mass is 340 g/mol. The molecule has 3 rings (SSSR count). The maximum atomic E-state index is 12.4. The molecule has 1 fully saturated rings. The highest BCUT2D eigenvalue weighted by molar-refractivity contribution is 5.95. The molecule has 6 heteroatoms. The Morgan fingerprint density at radius 2 is 1.80 bits per heavy atom. The molecule has 0 spiro atoms. The predicted molar refractivity (Wildman–Crippen MR) is 94.6 cm³/mol. The van der Waals surface area contributed by atoms with E-state index in [9.17, 15) is 4.79 Å². The van der Waals surface area contributed by atoms with E-state index in [1.807, 2.05) is 32.9 Å². The van der Waals surface area contributed by atoms with Crippen LogP contribution in [0.15, 0.2) is 24.4 Å². The van der Waals surface area contributed by atoms with Crippen LogP contribution in [0.3, 0.4) is 0 Å². The van der Waals surface area contributed by atoms with Crippen molar-refractivity contribution in [1.29, 1.82) is 0 Å². The number of aryl methyl sites for hydroxylation is 3. The molecule has 0 saturated heterocycles. The molecule has 0 unspecified atom stereocenters. The van der Waals surface area contributed by atoms with E-state index in [4.69, 9.17) is 4.74 Å². The van der Waals surface area contributed by atoms with Gasteiger partial charge in [0.15, 0.2) is 0 Å². The highest BCUT2D eigenvalue weighted by Crippen LogP contribution is 2.23.